The highest BCUT2D eigenvalue weighted by Gasteiger charge is 2.44. The van der Waals surface area contributed by atoms with E-state index in [1.54, 1.807) is 24.5 Å². The molecule has 142 valence electrons. The van der Waals surface area contributed by atoms with Gasteiger partial charge in [-0.3, -0.25) is 14.5 Å². The fourth-order valence-corrected chi connectivity index (χ4v) is 3.80. The van der Waals surface area contributed by atoms with Crippen LogP contribution in [0.5, 0.6) is 0 Å². The van der Waals surface area contributed by atoms with Gasteiger partial charge in [0.2, 0.25) is 11.7 Å². The van der Waals surface area contributed by atoms with Crippen molar-refractivity contribution in [2.75, 3.05) is 4.90 Å². The normalized spacial score (nSPS) is 15.7. The Hall–Kier alpha value is -3.80. The first-order valence-electron chi connectivity index (χ1n) is 9.29. The first kappa shape index (κ1) is 17.3. The molecule has 1 amide bonds. The molecule has 0 bridgehead atoms. The molecular formula is C23H17N3O3. The maximum absolute atomic E-state index is 13.5. The molecule has 0 radical (unpaired) electrons. The SMILES string of the molecule is Cc1cc2oc3c(c(=O)c2cc1C)C(c1ccccc1)N(c1ncccn1)C3=O. The molecule has 1 unspecified atom stereocenters. The minimum absolute atomic E-state index is 0.0482. The summed E-state index contributed by atoms with van der Waals surface area (Å²) in [4.78, 5) is 36.8. The zero-order chi connectivity index (χ0) is 20.1. The Morgan fingerprint density at radius 3 is 2.34 bits per heavy atom. The van der Waals surface area contributed by atoms with Crippen LogP contribution in [0.2, 0.25) is 0 Å². The van der Waals surface area contributed by atoms with Crippen LogP contribution in [0.1, 0.15) is 38.9 Å². The zero-order valence-electron chi connectivity index (χ0n) is 15.9. The van der Waals surface area contributed by atoms with Crippen LogP contribution in [0.25, 0.3) is 11.0 Å². The summed E-state index contributed by atoms with van der Waals surface area (Å²) in [5, 5.41) is 0.469. The van der Waals surface area contributed by atoms with Crippen molar-refractivity contribution in [2.24, 2.45) is 0 Å². The second-order valence-corrected chi connectivity index (χ2v) is 7.14. The third kappa shape index (κ3) is 2.56. The molecule has 0 spiro atoms. The Bertz CT molecular complexity index is 1310. The number of benzene rings is 2. The van der Waals surface area contributed by atoms with E-state index in [9.17, 15) is 9.59 Å². The van der Waals surface area contributed by atoms with Crippen LogP contribution in [0.3, 0.4) is 0 Å². The molecule has 2 aromatic carbocycles. The summed E-state index contributed by atoms with van der Waals surface area (Å²) in [6.07, 6.45) is 3.14. The van der Waals surface area contributed by atoms with Crippen LogP contribution >= 0.6 is 0 Å². The number of hydrogen-bond donors (Lipinski definition) is 0. The van der Waals surface area contributed by atoms with Crippen LogP contribution in [0.4, 0.5) is 5.95 Å². The van der Waals surface area contributed by atoms with Gasteiger partial charge in [-0.1, -0.05) is 30.3 Å². The quantitative estimate of drug-likeness (QED) is 0.524. The fourth-order valence-electron chi connectivity index (χ4n) is 3.80. The van der Waals surface area contributed by atoms with E-state index in [-0.39, 0.29) is 17.1 Å². The van der Waals surface area contributed by atoms with Crippen molar-refractivity contribution in [3.63, 3.8) is 0 Å². The molecule has 0 fully saturated rings. The van der Waals surface area contributed by atoms with Crippen molar-refractivity contribution in [1.82, 2.24) is 9.97 Å². The molecule has 1 aliphatic rings. The molecule has 6 nitrogen and oxygen atoms in total. The van der Waals surface area contributed by atoms with Gasteiger partial charge in [0.25, 0.3) is 5.91 Å². The minimum atomic E-state index is -0.650. The van der Waals surface area contributed by atoms with Gasteiger partial charge in [0, 0.05) is 12.4 Å². The van der Waals surface area contributed by atoms with Crippen molar-refractivity contribution in [3.8, 4) is 0 Å². The van der Waals surface area contributed by atoms with Crippen molar-refractivity contribution >= 4 is 22.8 Å². The smallest absolute Gasteiger partial charge is 0.297 e. The van der Waals surface area contributed by atoms with E-state index >= 15 is 0 Å². The summed E-state index contributed by atoms with van der Waals surface area (Å²) in [6.45, 7) is 3.89. The van der Waals surface area contributed by atoms with Gasteiger partial charge in [0.15, 0.2) is 5.43 Å². The van der Waals surface area contributed by atoms with E-state index < -0.39 is 11.9 Å². The Morgan fingerprint density at radius 1 is 0.931 bits per heavy atom. The maximum atomic E-state index is 13.5. The van der Waals surface area contributed by atoms with Gasteiger partial charge in [-0.15, -0.1) is 0 Å². The molecule has 0 aliphatic carbocycles. The highest BCUT2D eigenvalue weighted by Crippen LogP contribution is 2.39. The van der Waals surface area contributed by atoms with Crippen LogP contribution in [-0.4, -0.2) is 15.9 Å². The fraction of sp³-hybridized carbons (Fsp3) is 0.130. The third-order valence-electron chi connectivity index (χ3n) is 5.37. The Kier molecular flexibility index (Phi) is 3.81. The molecule has 0 N–H and O–H groups in total. The van der Waals surface area contributed by atoms with E-state index in [2.05, 4.69) is 9.97 Å². The number of aryl methyl sites for hydroxylation is 2. The van der Waals surface area contributed by atoms with Crippen molar-refractivity contribution in [1.29, 1.82) is 0 Å². The van der Waals surface area contributed by atoms with Gasteiger partial charge in [0.05, 0.1) is 17.0 Å². The number of nitrogens with zero attached hydrogens (tertiary/aromatic N) is 3. The Balaban J connectivity index is 1.84. The van der Waals surface area contributed by atoms with Crippen LogP contribution in [-0.2, 0) is 0 Å². The van der Waals surface area contributed by atoms with Crippen molar-refractivity contribution < 1.29 is 9.21 Å². The molecule has 1 aliphatic heterocycles. The molecular weight excluding hydrogens is 366 g/mol. The summed E-state index contributed by atoms with van der Waals surface area (Å²) < 4.78 is 5.99. The largest absolute Gasteiger partial charge is 0.450 e. The van der Waals surface area contributed by atoms with E-state index in [0.717, 1.165) is 16.7 Å². The molecule has 0 saturated carbocycles. The van der Waals surface area contributed by atoms with E-state index in [1.807, 2.05) is 50.2 Å². The second kappa shape index (κ2) is 6.38. The number of fused-ring (bicyclic) bond motifs is 2. The average molecular weight is 383 g/mol. The number of rotatable bonds is 2. The lowest BCUT2D eigenvalue weighted by molar-refractivity contribution is 0.0969. The van der Waals surface area contributed by atoms with Gasteiger partial charge in [-0.05, 0) is 48.7 Å². The Labute approximate surface area is 166 Å². The summed E-state index contributed by atoms with van der Waals surface area (Å²) in [5.41, 5.74) is 3.31. The van der Waals surface area contributed by atoms with Gasteiger partial charge in [-0.25, -0.2) is 9.97 Å². The first-order valence-corrected chi connectivity index (χ1v) is 9.29. The van der Waals surface area contributed by atoms with E-state index in [1.165, 1.54) is 4.90 Å². The predicted octanol–water partition coefficient (Wildman–Crippen LogP) is 3.95. The minimum Gasteiger partial charge on any atom is -0.450 e. The van der Waals surface area contributed by atoms with Gasteiger partial charge in [-0.2, -0.15) is 0 Å². The lowest BCUT2D eigenvalue weighted by atomic mass is 9.97. The molecule has 2 aromatic heterocycles. The first-order chi connectivity index (χ1) is 14.1. The molecule has 6 heteroatoms. The molecule has 3 heterocycles. The van der Waals surface area contributed by atoms with Crippen LogP contribution in [0.15, 0.2) is 70.1 Å². The standard InChI is InChI=1S/C23H17N3O3/c1-13-11-16-17(12-14(13)2)29-21-18(20(16)27)19(15-7-4-3-5-8-15)26(22(21)28)23-24-9-6-10-25-23/h3-12,19H,1-2H3. The zero-order valence-corrected chi connectivity index (χ0v) is 15.9. The van der Waals surface area contributed by atoms with Crippen LogP contribution < -0.4 is 10.3 Å². The van der Waals surface area contributed by atoms with E-state index in [4.69, 9.17) is 4.42 Å². The van der Waals surface area contributed by atoms with Gasteiger partial charge in [0.1, 0.15) is 5.58 Å². The van der Waals surface area contributed by atoms with E-state index in [0.29, 0.717) is 16.5 Å². The molecule has 29 heavy (non-hydrogen) atoms. The molecule has 4 aromatic rings. The lowest BCUT2D eigenvalue weighted by Gasteiger charge is -2.22. The monoisotopic (exact) mass is 383 g/mol. The number of amides is 1. The van der Waals surface area contributed by atoms with Crippen molar-refractivity contribution in [3.05, 3.63) is 99.2 Å². The Morgan fingerprint density at radius 2 is 1.62 bits per heavy atom. The van der Waals surface area contributed by atoms with Gasteiger partial charge >= 0.3 is 0 Å². The molecule has 5 rings (SSSR count). The highest BCUT2D eigenvalue weighted by atomic mass is 16.3. The number of anilines is 1. The average Bonchev–Trinajstić information content (AvgIpc) is 3.04. The van der Waals surface area contributed by atoms with Crippen molar-refractivity contribution in [2.45, 2.75) is 19.9 Å². The van der Waals surface area contributed by atoms with Gasteiger partial charge < -0.3 is 4.42 Å². The predicted molar refractivity (Wildman–Crippen MR) is 109 cm³/mol. The second-order valence-electron chi connectivity index (χ2n) is 7.14. The molecule has 0 saturated heterocycles. The molecule has 1 atom stereocenters. The third-order valence-corrected chi connectivity index (χ3v) is 5.37. The topological polar surface area (TPSA) is 76.3 Å². The maximum Gasteiger partial charge on any atom is 0.297 e. The number of carbonyl (C=O) groups excluding carboxylic acids is 1. The lowest BCUT2D eigenvalue weighted by Crippen LogP contribution is -2.31. The summed E-state index contributed by atoms with van der Waals surface area (Å²) in [5.74, 6) is -0.141. The highest BCUT2D eigenvalue weighted by molar-refractivity contribution is 6.09. The van der Waals surface area contributed by atoms with Crippen LogP contribution in [0, 0.1) is 13.8 Å². The number of aromatic nitrogens is 2. The number of carbonyl (C=O) groups is 1. The number of hydrogen-bond acceptors (Lipinski definition) is 5. The summed E-state index contributed by atoms with van der Waals surface area (Å²) in [7, 11) is 0. The summed E-state index contributed by atoms with van der Waals surface area (Å²) >= 11 is 0. The summed E-state index contributed by atoms with van der Waals surface area (Å²) in [6, 6.07) is 14.1.